The Morgan fingerprint density at radius 1 is 0.967 bits per heavy atom. The summed E-state index contributed by atoms with van der Waals surface area (Å²) in [6.07, 6.45) is 1.77. The summed E-state index contributed by atoms with van der Waals surface area (Å²) in [5.41, 5.74) is 6.65. The SMILES string of the molecule is CC#Cc1sc2ncnc3c2c1-c1ccc(c(Cl)c1C)CN(CCN1CCN(C)CC1)Cc1ccc(OCc2ccnc(-c4ccccc4OC)n2)c(c1)C[C@H](C(=O)O)O3. The van der Waals surface area contributed by atoms with Crippen molar-refractivity contribution in [3.63, 3.8) is 0 Å². The summed E-state index contributed by atoms with van der Waals surface area (Å²) in [6.45, 7) is 11.0. The van der Waals surface area contributed by atoms with E-state index in [4.69, 9.17) is 30.8 Å². The van der Waals surface area contributed by atoms with Gasteiger partial charge in [-0.1, -0.05) is 53.9 Å². The number of methoxy groups -OCH3 is 1. The second kappa shape index (κ2) is 18.3. The van der Waals surface area contributed by atoms with Crippen LogP contribution in [0.1, 0.15) is 39.7 Å². The van der Waals surface area contributed by atoms with Crippen molar-refractivity contribution in [1.82, 2.24) is 34.6 Å². The number of piperazine rings is 1. The topological polar surface area (TPSA) is 126 Å². The number of hydrogen-bond acceptors (Lipinski definition) is 12. The summed E-state index contributed by atoms with van der Waals surface area (Å²) in [5, 5.41) is 12.0. The van der Waals surface area contributed by atoms with Crippen LogP contribution >= 0.6 is 22.9 Å². The molecule has 14 heteroatoms. The van der Waals surface area contributed by atoms with Gasteiger partial charge >= 0.3 is 5.97 Å². The molecule has 6 heterocycles. The molecule has 4 bridgehead atoms. The lowest BCUT2D eigenvalue weighted by atomic mass is 9.96. The zero-order valence-electron chi connectivity index (χ0n) is 34.1. The van der Waals surface area contributed by atoms with Gasteiger partial charge in [-0.2, -0.15) is 0 Å². The van der Waals surface area contributed by atoms with Crippen molar-refractivity contribution in [1.29, 1.82) is 0 Å². The molecule has 3 aromatic carbocycles. The predicted molar refractivity (Wildman–Crippen MR) is 234 cm³/mol. The third kappa shape index (κ3) is 8.94. The van der Waals surface area contributed by atoms with E-state index >= 15 is 0 Å². The van der Waals surface area contributed by atoms with Gasteiger partial charge in [0.2, 0.25) is 12.0 Å². The lowest BCUT2D eigenvalue weighted by Crippen LogP contribution is -2.46. The van der Waals surface area contributed by atoms with Gasteiger partial charge < -0.3 is 24.2 Å². The third-order valence-electron chi connectivity index (χ3n) is 11.1. The van der Waals surface area contributed by atoms with E-state index < -0.39 is 12.1 Å². The second-order valence-corrected chi connectivity index (χ2v) is 16.4. The predicted octanol–water partition coefficient (Wildman–Crippen LogP) is 7.37. The number of carbonyl (C=O) groups is 1. The number of aliphatic carboxylic acids is 1. The number of para-hydroxylation sites is 1. The molecule has 1 fully saturated rings. The number of hydrogen-bond donors (Lipinski definition) is 1. The number of ether oxygens (including phenoxy) is 3. The molecule has 0 spiro atoms. The number of nitrogens with zero attached hydrogens (tertiary/aromatic N) is 7. The first-order chi connectivity index (χ1) is 29.2. The van der Waals surface area contributed by atoms with E-state index in [1.54, 1.807) is 26.3 Å². The second-order valence-electron chi connectivity index (χ2n) is 15.1. The number of carboxylic acid groups (broad SMARTS) is 1. The quantitative estimate of drug-likeness (QED) is 0.146. The van der Waals surface area contributed by atoms with Gasteiger partial charge in [-0.15, -0.1) is 17.3 Å². The van der Waals surface area contributed by atoms with E-state index in [2.05, 4.69) is 60.7 Å². The standard InChI is InChI=1S/C46H46ClN7O5S/c1-5-8-39-40-34-13-12-31(42(47)29(34)2)26-54(22-21-53-19-17-52(3)18-20-53)25-30-11-14-36(58-27-33-15-16-48-43(51-33)35-9-6-7-10-37(35)57-4)32(23-30)24-38(46(55)56)59-44-41(40)45(60-39)50-28-49-44/h6-7,9-16,23,28,38H,17-22,24-27H2,1-4H3,(H,55,56)/t38-/m1/s1. The van der Waals surface area contributed by atoms with Crippen LogP contribution in [-0.4, -0.2) is 105 Å². The minimum absolute atomic E-state index is 0.00123. The van der Waals surface area contributed by atoms with Gasteiger partial charge in [-0.3, -0.25) is 9.80 Å². The minimum Gasteiger partial charge on any atom is -0.496 e. The highest BCUT2D eigenvalue weighted by atomic mass is 35.5. The normalized spacial score (nSPS) is 16.2. The molecular formula is C46H46ClN7O5S. The number of carboxylic acids is 1. The fraction of sp³-hybridized carbons (Fsp3) is 0.326. The monoisotopic (exact) mass is 843 g/mol. The Morgan fingerprint density at radius 2 is 1.78 bits per heavy atom. The molecule has 308 valence electrons. The van der Waals surface area contributed by atoms with E-state index in [1.165, 1.54) is 17.7 Å². The number of benzene rings is 3. The van der Waals surface area contributed by atoms with Crippen LogP contribution in [0.3, 0.4) is 0 Å². The summed E-state index contributed by atoms with van der Waals surface area (Å²) >= 11 is 8.72. The molecule has 9 rings (SSSR count). The lowest BCUT2D eigenvalue weighted by molar-refractivity contribution is -0.145. The third-order valence-corrected chi connectivity index (χ3v) is 12.6. The molecule has 1 N–H and O–H groups in total. The minimum atomic E-state index is -1.32. The molecular weight excluding hydrogens is 798 g/mol. The van der Waals surface area contributed by atoms with Gasteiger partial charge in [0.25, 0.3) is 0 Å². The maximum Gasteiger partial charge on any atom is 0.345 e. The molecule has 0 aliphatic carbocycles. The first kappa shape index (κ1) is 41.1. The van der Waals surface area contributed by atoms with E-state index in [0.29, 0.717) is 56.9 Å². The van der Waals surface area contributed by atoms with Crippen molar-refractivity contribution < 1.29 is 24.1 Å². The van der Waals surface area contributed by atoms with Gasteiger partial charge in [-0.05, 0) is 73.0 Å². The molecule has 3 aromatic heterocycles. The zero-order valence-corrected chi connectivity index (χ0v) is 35.6. The maximum absolute atomic E-state index is 13.2. The highest BCUT2D eigenvalue weighted by Crippen LogP contribution is 2.45. The summed E-state index contributed by atoms with van der Waals surface area (Å²) in [5.74, 6) is 7.00. The number of thiophene rings is 1. The van der Waals surface area contributed by atoms with Crippen LogP contribution in [0.15, 0.2) is 73.2 Å². The van der Waals surface area contributed by atoms with Crippen molar-refractivity contribution in [2.75, 3.05) is 53.4 Å². The van der Waals surface area contributed by atoms with Crippen LogP contribution < -0.4 is 14.2 Å². The number of halogens is 1. The van der Waals surface area contributed by atoms with Crippen LogP contribution in [0.25, 0.3) is 32.7 Å². The average Bonchev–Trinajstić information content (AvgIpc) is 3.62. The smallest absolute Gasteiger partial charge is 0.345 e. The molecule has 3 aliphatic heterocycles. The molecule has 12 nitrogen and oxygen atoms in total. The van der Waals surface area contributed by atoms with Crippen molar-refractivity contribution in [2.24, 2.45) is 0 Å². The summed E-state index contributed by atoms with van der Waals surface area (Å²) in [4.78, 5) is 40.2. The lowest BCUT2D eigenvalue weighted by Gasteiger charge is -2.34. The first-order valence-corrected chi connectivity index (χ1v) is 21.1. The maximum atomic E-state index is 13.2. The van der Waals surface area contributed by atoms with Gasteiger partial charge in [-0.25, -0.2) is 24.7 Å². The number of rotatable bonds is 9. The molecule has 0 saturated carbocycles. The Labute approximate surface area is 358 Å². The summed E-state index contributed by atoms with van der Waals surface area (Å²) < 4.78 is 18.5. The van der Waals surface area contributed by atoms with Crippen molar-refractivity contribution >= 4 is 39.1 Å². The Bertz CT molecular complexity index is 2600. The molecule has 60 heavy (non-hydrogen) atoms. The Kier molecular flexibility index (Phi) is 12.6. The highest BCUT2D eigenvalue weighted by Gasteiger charge is 2.29. The largest absolute Gasteiger partial charge is 0.496 e. The van der Waals surface area contributed by atoms with Gasteiger partial charge in [0.15, 0.2) is 5.82 Å². The number of fused-ring (bicyclic) bond motifs is 6. The van der Waals surface area contributed by atoms with Gasteiger partial charge in [0, 0.05) is 75.6 Å². The molecule has 3 aliphatic rings. The Balaban J connectivity index is 1.20. The van der Waals surface area contributed by atoms with Crippen LogP contribution in [0.5, 0.6) is 17.4 Å². The van der Waals surface area contributed by atoms with Crippen molar-refractivity contribution in [2.45, 2.75) is 46.1 Å². The highest BCUT2D eigenvalue weighted by molar-refractivity contribution is 7.19. The Morgan fingerprint density at radius 3 is 2.58 bits per heavy atom. The molecule has 0 radical (unpaired) electrons. The van der Waals surface area contributed by atoms with Crippen LogP contribution in [0, 0.1) is 18.8 Å². The fourth-order valence-electron chi connectivity index (χ4n) is 7.79. The molecule has 1 atom stereocenters. The number of likely N-dealkylation sites (N-methyl/N-ethyl adjacent to an activating group) is 1. The van der Waals surface area contributed by atoms with Crippen LogP contribution in [0.4, 0.5) is 0 Å². The van der Waals surface area contributed by atoms with E-state index in [0.717, 1.165) is 77.5 Å². The van der Waals surface area contributed by atoms with Gasteiger partial charge in [0.1, 0.15) is 29.3 Å². The Hall–Kier alpha value is -5.62. The van der Waals surface area contributed by atoms with E-state index in [1.807, 2.05) is 49.4 Å². The zero-order chi connectivity index (χ0) is 41.8. The summed E-state index contributed by atoms with van der Waals surface area (Å²) in [6, 6.07) is 19.5. The molecule has 1 saturated heterocycles. The fourth-order valence-corrected chi connectivity index (χ4v) is 9.07. The molecule has 6 aromatic rings. The van der Waals surface area contributed by atoms with E-state index in [-0.39, 0.29) is 18.9 Å². The first-order valence-electron chi connectivity index (χ1n) is 19.9. The molecule has 0 unspecified atom stereocenters. The van der Waals surface area contributed by atoms with Crippen LogP contribution in [-0.2, 0) is 30.9 Å². The average molecular weight is 844 g/mol. The number of aromatic nitrogens is 4. The van der Waals surface area contributed by atoms with Gasteiger partial charge in [0.05, 0.1) is 28.6 Å². The van der Waals surface area contributed by atoms with Crippen molar-refractivity contribution in [3.8, 4) is 51.7 Å². The molecule has 0 amide bonds. The summed E-state index contributed by atoms with van der Waals surface area (Å²) in [7, 11) is 3.78. The van der Waals surface area contributed by atoms with Crippen LogP contribution in [0.2, 0.25) is 5.02 Å². The van der Waals surface area contributed by atoms with Crippen molar-refractivity contribution in [3.05, 3.63) is 111 Å². The van der Waals surface area contributed by atoms with E-state index in [9.17, 15) is 9.90 Å².